The lowest BCUT2D eigenvalue weighted by Crippen LogP contribution is -2.09. The standard InChI is InChI=1S/C14H20N2O/c1-10(17-2)14-12(15)8-9-13(16-14)11-6-4-3-5-7-11/h8-9,11H,1,3-7,15H2,2H3. The van der Waals surface area contributed by atoms with Crippen LogP contribution in [0.4, 0.5) is 5.69 Å². The predicted octanol–water partition coefficient (Wildman–Crippen LogP) is 3.33. The lowest BCUT2D eigenvalue weighted by atomic mass is 9.86. The SMILES string of the molecule is C=C(OC)c1nc(C2CCCCC2)ccc1N. The highest BCUT2D eigenvalue weighted by Gasteiger charge is 2.18. The highest BCUT2D eigenvalue weighted by Crippen LogP contribution is 2.33. The third-order valence-corrected chi connectivity index (χ3v) is 3.48. The zero-order valence-electron chi connectivity index (χ0n) is 10.4. The van der Waals surface area contributed by atoms with Gasteiger partial charge in [0.15, 0.2) is 0 Å². The van der Waals surface area contributed by atoms with E-state index in [0.29, 0.717) is 23.1 Å². The fourth-order valence-corrected chi connectivity index (χ4v) is 2.43. The van der Waals surface area contributed by atoms with Crippen LogP contribution in [0.5, 0.6) is 0 Å². The van der Waals surface area contributed by atoms with Crippen molar-refractivity contribution in [3.05, 3.63) is 30.1 Å². The van der Waals surface area contributed by atoms with Crippen molar-refractivity contribution in [1.82, 2.24) is 4.98 Å². The number of nitrogens with zero attached hydrogens (tertiary/aromatic N) is 1. The lowest BCUT2D eigenvalue weighted by Gasteiger charge is -2.22. The van der Waals surface area contributed by atoms with Crippen LogP contribution in [0.15, 0.2) is 18.7 Å². The van der Waals surface area contributed by atoms with E-state index in [1.807, 2.05) is 12.1 Å². The minimum Gasteiger partial charge on any atom is -0.495 e. The molecule has 0 bridgehead atoms. The van der Waals surface area contributed by atoms with Gasteiger partial charge in [-0.3, -0.25) is 0 Å². The van der Waals surface area contributed by atoms with E-state index in [4.69, 9.17) is 10.5 Å². The van der Waals surface area contributed by atoms with Crippen molar-refractivity contribution in [2.75, 3.05) is 12.8 Å². The van der Waals surface area contributed by atoms with Crippen LogP contribution in [0.25, 0.3) is 5.76 Å². The van der Waals surface area contributed by atoms with Gasteiger partial charge < -0.3 is 10.5 Å². The topological polar surface area (TPSA) is 48.1 Å². The zero-order chi connectivity index (χ0) is 12.3. The first-order valence-corrected chi connectivity index (χ1v) is 6.22. The van der Waals surface area contributed by atoms with Crippen LogP contribution < -0.4 is 5.73 Å². The molecule has 1 aromatic heterocycles. The summed E-state index contributed by atoms with van der Waals surface area (Å²) in [5.41, 5.74) is 8.35. The van der Waals surface area contributed by atoms with E-state index in [-0.39, 0.29) is 0 Å². The second-order valence-corrected chi connectivity index (χ2v) is 4.64. The third-order valence-electron chi connectivity index (χ3n) is 3.48. The number of aromatic nitrogens is 1. The Morgan fingerprint density at radius 3 is 2.71 bits per heavy atom. The Morgan fingerprint density at radius 2 is 2.06 bits per heavy atom. The van der Waals surface area contributed by atoms with E-state index >= 15 is 0 Å². The van der Waals surface area contributed by atoms with Gasteiger partial charge >= 0.3 is 0 Å². The van der Waals surface area contributed by atoms with Gasteiger partial charge in [-0.05, 0) is 25.0 Å². The first-order valence-electron chi connectivity index (χ1n) is 6.22. The van der Waals surface area contributed by atoms with Gasteiger partial charge in [0, 0.05) is 11.6 Å². The predicted molar refractivity (Wildman–Crippen MR) is 70.5 cm³/mol. The Balaban J connectivity index is 2.26. The normalized spacial score (nSPS) is 16.8. The van der Waals surface area contributed by atoms with Gasteiger partial charge in [0.05, 0.1) is 12.8 Å². The van der Waals surface area contributed by atoms with Crippen LogP contribution in [0.1, 0.15) is 49.4 Å². The van der Waals surface area contributed by atoms with E-state index in [2.05, 4.69) is 11.6 Å². The van der Waals surface area contributed by atoms with Crippen molar-refractivity contribution in [3.8, 4) is 0 Å². The molecular weight excluding hydrogens is 212 g/mol. The van der Waals surface area contributed by atoms with Crippen molar-refractivity contribution in [1.29, 1.82) is 0 Å². The summed E-state index contributed by atoms with van der Waals surface area (Å²) in [6, 6.07) is 3.95. The molecule has 0 amide bonds. The molecule has 92 valence electrons. The summed E-state index contributed by atoms with van der Waals surface area (Å²) in [6.45, 7) is 3.83. The van der Waals surface area contributed by atoms with Crippen LogP contribution in [0.2, 0.25) is 0 Å². The number of ether oxygens (including phenoxy) is 1. The summed E-state index contributed by atoms with van der Waals surface area (Å²) in [5, 5.41) is 0. The van der Waals surface area contributed by atoms with E-state index in [9.17, 15) is 0 Å². The van der Waals surface area contributed by atoms with Crippen molar-refractivity contribution in [2.24, 2.45) is 0 Å². The number of nitrogens with two attached hydrogens (primary N) is 1. The molecule has 0 spiro atoms. The molecule has 0 aliphatic heterocycles. The molecule has 0 atom stereocenters. The van der Waals surface area contributed by atoms with Gasteiger partial charge in [0.1, 0.15) is 11.5 Å². The largest absolute Gasteiger partial charge is 0.495 e. The van der Waals surface area contributed by atoms with Crippen LogP contribution >= 0.6 is 0 Å². The molecule has 2 N–H and O–H groups in total. The van der Waals surface area contributed by atoms with Crippen molar-refractivity contribution >= 4 is 11.4 Å². The molecule has 1 heterocycles. The average molecular weight is 232 g/mol. The number of rotatable bonds is 3. The molecule has 2 rings (SSSR count). The van der Waals surface area contributed by atoms with Crippen LogP contribution in [0.3, 0.4) is 0 Å². The molecule has 0 unspecified atom stereocenters. The van der Waals surface area contributed by atoms with E-state index < -0.39 is 0 Å². The number of anilines is 1. The van der Waals surface area contributed by atoms with Crippen molar-refractivity contribution in [3.63, 3.8) is 0 Å². The van der Waals surface area contributed by atoms with E-state index in [1.165, 1.54) is 32.1 Å². The molecule has 3 nitrogen and oxygen atoms in total. The smallest absolute Gasteiger partial charge is 0.139 e. The summed E-state index contributed by atoms with van der Waals surface area (Å²) in [4.78, 5) is 4.62. The molecule has 3 heteroatoms. The Kier molecular flexibility index (Phi) is 3.67. The summed E-state index contributed by atoms with van der Waals surface area (Å²) < 4.78 is 5.12. The number of nitrogen functional groups attached to an aromatic ring is 1. The molecular formula is C14H20N2O. The fraction of sp³-hybridized carbons (Fsp3) is 0.500. The monoisotopic (exact) mass is 232 g/mol. The maximum Gasteiger partial charge on any atom is 0.139 e. The first-order chi connectivity index (χ1) is 8.22. The van der Waals surface area contributed by atoms with Gasteiger partial charge in [-0.2, -0.15) is 0 Å². The Labute approximate surface area is 103 Å². The maximum absolute atomic E-state index is 5.89. The summed E-state index contributed by atoms with van der Waals surface area (Å²) in [7, 11) is 1.59. The molecule has 1 aromatic rings. The first kappa shape index (κ1) is 12.0. The number of pyridine rings is 1. The summed E-state index contributed by atoms with van der Waals surface area (Å²) in [5.74, 6) is 1.12. The third kappa shape index (κ3) is 2.60. The van der Waals surface area contributed by atoms with Crippen LogP contribution in [0, 0.1) is 0 Å². The minimum absolute atomic E-state index is 0.542. The average Bonchev–Trinajstić information content (AvgIpc) is 2.39. The number of methoxy groups -OCH3 is 1. The second kappa shape index (κ2) is 5.21. The highest BCUT2D eigenvalue weighted by molar-refractivity contribution is 5.66. The number of hydrogen-bond acceptors (Lipinski definition) is 3. The van der Waals surface area contributed by atoms with Gasteiger partial charge in [0.2, 0.25) is 0 Å². The zero-order valence-corrected chi connectivity index (χ0v) is 10.4. The molecule has 0 saturated heterocycles. The molecule has 1 saturated carbocycles. The minimum atomic E-state index is 0.542. The quantitative estimate of drug-likeness (QED) is 0.813. The van der Waals surface area contributed by atoms with E-state index in [1.54, 1.807) is 7.11 Å². The highest BCUT2D eigenvalue weighted by atomic mass is 16.5. The fourth-order valence-electron chi connectivity index (χ4n) is 2.43. The molecule has 0 radical (unpaired) electrons. The molecule has 1 aliphatic carbocycles. The summed E-state index contributed by atoms with van der Waals surface area (Å²) >= 11 is 0. The Hall–Kier alpha value is -1.51. The van der Waals surface area contributed by atoms with Crippen molar-refractivity contribution in [2.45, 2.75) is 38.0 Å². The molecule has 1 fully saturated rings. The maximum atomic E-state index is 5.89. The summed E-state index contributed by atoms with van der Waals surface area (Å²) in [6.07, 6.45) is 6.42. The van der Waals surface area contributed by atoms with Crippen LogP contribution in [-0.4, -0.2) is 12.1 Å². The second-order valence-electron chi connectivity index (χ2n) is 4.64. The molecule has 0 aromatic carbocycles. The van der Waals surface area contributed by atoms with Gasteiger partial charge in [-0.25, -0.2) is 4.98 Å². The molecule has 1 aliphatic rings. The van der Waals surface area contributed by atoms with Gasteiger partial charge in [-0.1, -0.05) is 25.8 Å². The Morgan fingerprint density at radius 1 is 1.35 bits per heavy atom. The van der Waals surface area contributed by atoms with Crippen molar-refractivity contribution < 1.29 is 4.74 Å². The van der Waals surface area contributed by atoms with Gasteiger partial charge in [0.25, 0.3) is 0 Å². The van der Waals surface area contributed by atoms with E-state index in [0.717, 1.165) is 5.69 Å². The molecule has 17 heavy (non-hydrogen) atoms. The Bertz CT molecular complexity index is 409. The van der Waals surface area contributed by atoms with Crippen LogP contribution in [-0.2, 0) is 4.74 Å². The van der Waals surface area contributed by atoms with Gasteiger partial charge in [-0.15, -0.1) is 0 Å². The lowest BCUT2D eigenvalue weighted by molar-refractivity contribution is 0.369. The number of hydrogen-bond donors (Lipinski definition) is 1.